The zero-order valence-corrected chi connectivity index (χ0v) is 17.9. The van der Waals surface area contributed by atoms with Gasteiger partial charge in [0.15, 0.2) is 0 Å². The number of hydrogen-bond acceptors (Lipinski definition) is 5. The number of rotatable bonds is 4. The Kier molecular flexibility index (Phi) is 5.01. The van der Waals surface area contributed by atoms with Gasteiger partial charge in [-0.25, -0.2) is 4.90 Å². The van der Waals surface area contributed by atoms with Gasteiger partial charge in [0.1, 0.15) is 5.75 Å². The highest BCUT2D eigenvalue weighted by Crippen LogP contribution is 2.31. The molecule has 3 amide bonds. The molecule has 1 saturated heterocycles. The van der Waals surface area contributed by atoms with Crippen molar-refractivity contribution < 1.29 is 23.9 Å². The third-order valence-electron chi connectivity index (χ3n) is 5.97. The van der Waals surface area contributed by atoms with Crippen molar-refractivity contribution in [1.29, 1.82) is 0 Å². The van der Waals surface area contributed by atoms with E-state index in [2.05, 4.69) is 0 Å². The van der Waals surface area contributed by atoms with Crippen molar-refractivity contribution in [2.75, 3.05) is 16.3 Å². The maximum absolute atomic E-state index is 12.7. The van der Waals surface area contributed by atoms with Crippen molar-refractivity contribution in [3.63, 3.8) is 0 Å². The number of anilines is 2. The summed E-state index contributed by atoms with van der Waals surface area (Å²) >= 11 is 0. The lowest BCUT2D eigenvalue weighted by Crippen LogP contribution is -2.29. The van der Waals surface area contributed by atoms with E-state index >= 15 is 0 Å². The maximum atomic E-state index is 12.7. The monoisotopic (exact) mass is 440 g/mol. The maximum Gasteiger partial charge on any atom is 0.316 e. The van der Waals surface area contributed by atoms with Crippen LogP contribution in [-0.4, -0.2) is 30.2 Å². The number of ether oxygens (including phenoxy) is 1. The second-order valence-electron chi connectivity index (χ2n) is 8.10. The molecule has 0 aromatic heterocycles. The van der Waals surface area contributed by atoms with E-state index in [9.17, 15) is 19.2 Å². The second kappa shape index (κ2) is 8.02. The van der Waals surface area contributed by atoms with Crippen LogP contribution < -0.4 is 14.5 Å². The Bertz CT molecular complexity index is 1260. The van der Waals surface area contributed by atoms with Crippen molar-refractivity contribution in [1.82, 2.24) is 0 Å². The zero-order chi connectivity index (χ0) is 23.1. The summed E-state index contributed by atoms with van der Waals surface area (Å²) in [5, 5.41) is 0. The second-order valence-corrected chi connectivity index (χ2v) is 8.10. The third-order valence-corrected chi connectivity index (χ3v) is 5.97. The minimum atomic E-state index is -0.576. The van der Waals surface area contributed by atoms with E-state index in [0.717, 1.165) is 16.2 Å². The molecule has 0 N–H and O–H groups in total. The van der Waals surface area contributed by atoms with Gasteiger partial charge in [-0.05, 0) is 55.0 Å². The van der Waals surface area contributed by atoms with Gasteiger partial charge >= 0.3 is 5.97 Å². The molecule has 0 saturated carbocycles. The Balaban J connectivity index is 1.27. The molecular weight excluding hydrogens is 420 g/mol. The molecule has 1 atom stereocenters. The SMILES string of the molecule is Cc1ccccc1N1C[C@@H](C(=O)Oc2ccc(N3C(=O)c4ccccc4C3=O)cc2)CC1=O. The number of fused-ring (bicyclic) bond motifs is 1. The predicted molar refractivity (Wildman–Crippen MR) is 121 cm³/mol. The van der Waals surface area contributed by atoms with Crippen molar-refractivity contribution in [2.45, 2.75) is 13.3 Å². The van der Waals surface area contributed by atoms with Crippen LogP contribution in [0.1, 0.15) is 32.7 Å². The number of hydrogen-bond donors (Lipinski definition) is 0. The highest BCUT2D eigenvalue weighted by molar-refractivity contribution is 6.34. The summed E-state index contributed by atoms with van der Waals surface area (Å²) < 4.78 is 5.49. The first-order chi connectivity index (χ1) is 15.9. The normalized spacial score (nSPS) is 17.5. The first-order valence-corrected chi connectivity index (χ1v) is 10.6. The van der Waals surface area contributed by atoms with Crippen LogP contribution in [0.2, 0.25) is 0 Å². The number of imide groups is 1. The fourth-order valence-electron chi connectivity index (χ4n) is 4.25. The summed E-state index contributed by atoms with van der Waals surface area (Å²) in [6.07, 6.45) is 0.0836. The Morgan fingerprint density at radius 2 is 1.45 bits per heavy atom. The first-order valence-electron chi connectivity index (χ1n) is 10.6. The van der Waals surface area contributed by atoms with Gasteiger partial charge in [-0.15, -0.1) is 0 Å². The molecule has 3 aromatic carbocycles. The van der Waals surface area contributed by atoms with E-state index in [4.69, 9.17) is 4.74 Å². The Morgan fingerprint density at radius 1 is 0.848 bits per heavy atom. The van der Waals surface area contributed by atoms with Gasteiger partial charge < -0.3 is 9.64 Å². The van der Waals surface area contributed by atoms with Crippen LogP contribution >= 0.6 is 0 Å². The predicted octanol–water partition coefficient (Wildman–Crippen LogP) is 3.75. The van der Waals surface area contributed by atoms with Crippen molar-refractivity contribution in [3.05, 3.63) is 89.5 Å². The van der Waals surface area contributed by atoms with Crippen LogP contribution in [0, 0.1) is 12.8 Å². The van der Waals surface area contributed by atoms with Crippen LogP contribution in [0.3, 0.4) is 0 Å². The lowest BCUT2D eigenvalue weighted by Gasteiger charge is -2.18. The third kappa shape index (κ3) is 3.57. The number of para-hydroxylation sites is 1. The number of carbonyl (C=O) groups excluding carboxylic acids is 4. The molecule has 2 aliphatic rings. The average molecular weight is 440 g/mol. The largest absolute Gasteiger partial charge is 0.426 e. The van der Waals surface area contributed by atoms with Gasteiger partial charge in [0, 0.05) is 18.7 Å². The minimum Gasteiger partial charge on any atom is -0.426 e. The average Bonchev–Trinajstić information content (AvgIpc) is 3.33. The zero-order valence-electron chi connectivity index (χ0n) is 17.9. The molecule has 33 heavy (non-hydrogen) atoms. The highest BCUT2D eigenvalue weighted by Gasteiger charge is 2.38. The topological polar surface area (TPSA) is 84.0 Å². The van der Waals surface area contributed by atoms with E-state index in [1.54, 1.807) is 41.3 Å². The Morgan fingerprint density at radius 3 is 2.09 bits per heavy atom. The quantitative estimate of drug-likeness (QED) is 0.351. The molecule has 7 heteroatoms. The molecule has 0 unspecified atom stereocenters. The molecule has 5 rings (SSSR count). The van der Waals surface area contributed by atoms with Crippen LogP contribution in [0.15, 0.2) is 72.8 Å². The van der Waals surface area contributed by atoms with E-state index in [1.165, 1.54) is 12.1 Å². The summed E-state index contributed by atoms with van der Waals surface area (Å²) in [6.45, 7) is 2.18. The van der Waals surface area contributed by atoms with Crippen molar-refractivity contribution >= 4 is 35.1 Å². The summed E-state index contributed by atoms with van der Waals surface area (Å²) in [6, 6.07) is 20.4. The highest BCUT2D eigenvalue weighted by atomic mass is 16.5. The molecule has 1 fully saturated rings. The number of amides is 3. The summed E-state index contributed by atoms with van der Waals surface area (Å²) in [5.74, 6) is -1.68. The van der Waals surface area contributed by atoms with Crippen LogP contribution in [0.4, 0.5) is 11.4 Å². The smallest absolute Gasteiger partial charge is 0.316 e. The first kappa shape index (κ1) is 20.6. The lowest BCUT2D eigenvalue weighted by atomic mass is 10.1. The van der Waals surface area contributed by atoms with Crippen LogP contribution in [-0.2, 0) is 9.59 Å². The van der Waals surface area contributed by atoms with Gasteiger partial charge in [-0.1, -0.05) is 30.3 Å². The molecular formula is C26H20N2O5. The van der Waals surface area contributed by atoms with Crippen molar-refractivity contribution in [2.24, 2.45) is 5.92 Å². The fraction of sp³-hybridized carbons (Fsp3) is 0.154. The van der Waals surface area contributed by atoms with Crippen LogP contribution in [0.5, 0.6) is 5.75 Å². The number of carbonyl (C=O) groups is 4. The minimum absolute atomic E-state index is 0.0836. The molecule has 0 radical (unpaired) electrons. The number of nitrogens with zero attached hydrogens (tertiary/aromatic N) is 2. The number of benzene rings is 3. The Hall–Kier alpha value is -4.26. The Labute approximate surface area is 190 Å². The van der Waals surface area contributed by atoms with Gasteiger partial charge in [0.05, 0.1) is 22.7 Å². The summed E-state index contributed by atoms with van der Waals surface area (Å²) in [4.78, 5) is 53.2. The van der Waals surface area contributed by atoms with Gasteiger partial charge in [0.25, 0.3) is 11.8 Å². The van der Waals surface area contributed by atoms with E-state index in [1.807, 2.05) is 31.2 Å². The van der Waals surface area contributed by atoms with E-state index < -0.39 is 11.9 Å². The summed E-state index contributed by atoms with van der Waals surface area (Å²) in [7, 11) is 0. The van der Waals surface area contributed by atoms with Gasteiger partial charge in [-0.3, -0.25) is 19.2 Å². The molecule has 164 valence electrons. The summed E-state index contributed by atoms with van der Waals surface area (Å²) in [5.41, 5.74) is 2.87. The van der Waals surface area contributed by atoms with Gasteiger partial charge in [0.2, 0.25) is 5.91 Å². The lowest BCUT2D eigenvalue weighted by molar-refractivity contribution is -0.139. The molecule has 3 aromatic rings. The number of aryl methyl sites for hydroxylation is 1. The molecule has 0 bridgehead atoms. The van der Waals surface area contributed by atoms with E-state index in [0.29, 0.717) is 16.8 Å². The number of esters is 1. The molecule has 0 spiro atoms. The van der Waals surface area contributed by atoms with E-state index in [-0.39, 0.29) is 36.4 Å². The molecule has 2 aliphatic heterocycles. The van der Waals surface area contributed by atoms with Crippen LogP contribution in [0.25, 0.3) is 0 Å². The molecule has 0 aliphatic carbocycles. The van der Waals surface area contributed by atoms with Gasteiger partial charge in [-0.2, -0.15) is 0 Å². The van der Waals surface area contributed by atoms with Crippen molar-refractivity contribution in [3.8, 4) is 5.75 Å². The molecule has 7 nitrogen and oxygen atoms in total. The standard InChI is InChI=1S/C26H20N2O5/c1-16-6-2-5-9-22(16)27-15-17(14-23(27)29)26(32)33-19-12-10-18(11-13-19)28-24(30)20-7-3-4-8-21(20)25(28)31/h2-13,17H,14-15H2,1H3/t17-/m0/s1. The molecule has 2 heterocycles. The fourth-order valence-corrected chi connectivity index (χ4v) is 4.25.